The van der Waals surface area contributed by atoms with E-state index in [1.165, 1.54) is 22.7 Å². The fourth-order valence-electron chi connectivity index (χ4n) is 2.54. The van der Waals surface area contributed by atoms with Crippen molar-refractivity contribution in [3.8, 4) is 0 Å². The summed E-state index contributed by atoms with van der Waals surface area (Å²) in [6.07, 6.45) is 3.37. The first-order valence-corrected chi connectivity index (χ1v) is 10.1. The van der Waals surface area contributed by atoms with E-state index in [0.29, 0.717) is 19.4 Å². The second kappa shape index (κ2) is 7.65. The van der Waals surface area contributed by atoms with Gasteiger partial charge in [-0.05, 0) is 37.3 Å². The third-order valence-electron chi connectivity index (χ3n) is 3.88. The van der Waals surface area contributed by atoms with Gasteiger partial charge in [0.1, 0.15) is 0 Å². The summed E-state index contributed by atoms with van der Waals surface area (Å²) >= 11 is 1.61. The summed E-state index contributed by atoms with van der Waals surface area (Å²) in [5.41, 5.74) is 0.745. The summed E-state index contributed by atoms with van der Waals surface area (Å²) in [6.45, 7) is 0.695. The van der Waals surface area contributed by atoms with Gasteiger partial charge >= 0.3 is 0 Å². The van der Waals surface area contributed by atoms with Gasteiger partial charge < -0.3 is 5.32 Å². The molecule has 1 heterocycles. The first kappa shape index (κ1) is 18.3. The maximum Gasteiger partial charge on any atom is 0.281 e. The van der Waals surface area contributed by atoms with Gasteiger partial charge in [0, 0.05) is 37.8 Å². The average Bonchev–Trinajstić information content (AvgIpc) is 2.55. The Labute approximate surface area is 142 Å². The van der Waals surface area contributed by atoms with Gasteiger partial charge in [-0.15, -0.1) is 11.8 Å². The van der Waals surface area contributed by atoms with Gasteiger partial charge in [-0.25, -0.2) is 0 Å². The van der Waals surface area contributed by atoms with Crippen LogP contribution < -0.4 is 5.32 Å². The van der Waals surface area contributed by atoms with Gasteiger partial charge in [0.25, 0.3) is 10.2 Å². The lowest BCUT2D eigenvalue weighted by Crippen LogP contribution is -2.47. The second-order valence-electron chi connectivity index (χ2n) is 5.71. The molecule has 1 saturated heterocycles. The van der Waals surface area contributed by atoms with Crippen LogP contribution in [0, 0.1) is 5.92 Å². The summed E-state index contributed by atoms with van der Waals surface area (Å²) in [5.74, 6) is -0.446. The Bertz CT molecular complexity index is 662. The number of thioether (sulfide) groups is 1. The number of carbonyl (C=O) groups excluding carboxylic acids is 1. The summed E-state index contributed by atoms with van der Waals surface area (Å²) in [7, 11) is -0.453. The monoisotopic (exact) mass is 357 g/mol. The van der Waals surface area contributed by atoms with Crippen molar-refractivity contribution in [2.75, 3.05) is 38.8 Å². The van der Waals surface area contributed by atoms with Gasteiger partial charge in [-0.1, -0.05) is 6.07 Å². The van der Waals surface area contributed by atoms with Crippen LogP contribution in [-0.4, -0.2) is 56.4 Å². The third-order valence-corrected chi connectivity index (χ3v) is 6.51. The number of nitrogens with zero attached hydrogens (tertiary/aromatic N) is 2. The van der Waals surface area contributed by atoms with Crippen LogP contribution in [0.1, 0.15) is 12.8 Å². The van der Waals surface area contributed by atoms with Crippen LogP contribution in [-0.2, 0) is 15.0 Å². The van der Waals surface area contributed by atoms with Crippen LogP contribution in [0.15, 0.2) is 29.2 Å². The first-order valence-electron chi connectivity index (χ1n) is 7.47. The molecule has 0 unspecified atom stereocenters. The molecular formula is C15H23N3O3S2. The van der Waals surface area contributed by atoms with Crippen molar-refractivity contribution in [2.24, 2.45) is 5.92 Å². The van der Waals surface area contributed by atoms with Gasteiger partial charge in [-0.3, -0.25) is 4.79 Å². The molecule has 1 atom stereocenters. The van der Waals surface area contributed by atoms with E-state index in [0.717, 1.165) is 10.6 Å². The smallest absolute Gasteiger partial charge is 0.281 e. The molecule has 1 aliphatic heterocycles. The Morgan fingerprint density at radius 3 is 2.78 bits per heavy atom. The fraction of sp³-hybridized carbons (Fsp3) is 0.533. The predicted molar refractivity (Wildman–Crippen MR) is 93.8 cm³/mol. The van der Waals surface area contributed by atoms with Crippen molar-refractivity contribution in [3.63, 3.8) is 0 Å². The highest BCUT2D eigenvalue weighted by molar-refractivity contribution is 7.98. The molecule has 128 valence electrons. The largest absolute Gasteiger partial charge is 0.326 e. The standard InChI is InChI=1S/C15H23N3O3S2/c1-17(2)23(20,21)18-9-5-6-12(11-18)15(19)16-13-7-4-8-14(10-13)22-3/h4,7-8,10,12H,5-6,9,11H2,1-3H3,(H,16,19)/t12-/m0/s1. The van der Waals surface area contributed by atoms with Crippen molar-refractivity contribution in [1.82, 2.24) is 8.61 Å². The summed E-state index contributed by atoms with van der Waals surface area (Å²) in [4.78, 5) is 13.5. The molecule has 23 heavy (non-hydrogen) atoms. The number of carbonyl (C=O) groups is 1. The molecule has 0 aromatic heterocycles. The number of hydrogen-bond acceptors (Lipinski definition) is 4. The van der Waals surface area contributed by atoms with Crippen molar-refractivity contribution >= 4 is 33.6 Å². The Morgan fingerprint density at radius 2 is 2.13 bits per heavy atom. The quantitative estimate of drug-likeness (QED) is 0.817. The molecule has 1 aliphatic rings. The van der Waals surface area contributed by atoms with E-state index in [4.69, 9.17) is 0 Å². The lowest BCUT2D eigenvalue weighted by atomic mass is 9.99. The maximum absolute atomic E-state index is 12.5. The first-order chi connectivity index (χ1) is 10.8. The fourth-order valence-corrected chi connectivity index (χ4v) is 4.19. The summed E-state index contributed by atoms with van der Waals surface area (Å²) in [5, 5.41) is 2.90. The molecule has 1 aromatic carbocycles. The van der Waals surface area contributed by atoms with Crippen molar-refractivity contribution < 1.29 is 13.2 Å². The van der Waals surface area contributed by atoms with Crippen molar-refractivity contribution in [1.29, 1.82) is 0 Å². The van der Waals surface area contributed by atoms with E-state index >= 15 is 0 Å². The molecule has 1 aromatic rings. The highest BCUT2D eigenvalue weighted by Gasteiger charge is 2.33. The Kier molecular flexibility index (Phi) is 6.07. The van der Waals surface area contributed by atoms with Crippen LogP contribution in [0.5, 0.6) is 0 Å². The van der Waals surface area contributed by atoms with E-state index < -0.39 is 10.2 Å². The number of anilines is 1. The minimum absolute atomic E-state index is 0.123. The van der Waals surface area contributed by atoms with E-state index in [9.17, 15) is 13.2 Å². The lowest BCUT2D eigenvalue weighted by Gasteiger charge is -2.32. The zero-order chi connectivity index (χ0) is 17.0. The van der Waals surface area contributed by atoms with Gasteiger partial charge in [0.2, 0.25) is 5.91 Å². The van der Waals surface area contributed by atoms with Gasteiger partial charge in [0.05, 0.1) is 5.92 Å². The molecule has 8 heteroatoms. The third kappa shape index (κ3) is 4.47. The van der Waals surface area contributed by atoms with Crippen molar-refractivity contribution in [2.45, 2.75) is 17.7 Å². The number of hydrogen-bond donors (Lipinski definition) is 1. The minimum Gasteiger partial charge on any atom is -0.326 e. The number of piperidine rings is 1. The number of benzene rings is 1. The molecule has 1 amide bonds. The molecule has 1 fully saturated rings. The molecule has 1 N–H and O–H groups in total. The van der Waals surface area contributed by atoms with E-state index in [-0.39, 0.29) is 18.4 Å². The van der Waals surface area contributed by atoms with Crippen LogP contribution in [0.2, 0.25) is 0 Å². The molecule has 2 rings (SSSR count). The number of nitrogens with one attached hydrogen (secondary N) is 1. The van der Waals surface area contributed by atoms with Crippen LogP contribution in [0.25, 0.3) is 0 Å². The predicted octanol–water partition coefficient (Wildman–Crippen LogP) is 1.87. The highest BCUT2D eigenvalue weighted by atomic mass is 32.2. The molecule has 6 nitrogen and oxygen atoms in total. The molecular weight excluding hydrogens is 334 g/mol. The highest BCUT2D eigenvalue weighted by Crippen LogP contribution is 2.23. The Hall–Kier alpha value is -1.09. The summed E-state index contributed by atoms with van der Waals surface area (Å²) < 4.78 is 27.0. The zero-order valence-corrected chi connectivity index (χ0v) is 15.3. The molecule has 0 aliphatic carbocycles. The van der Waals surface area contributed by atoms with Gasteiger partial charge in [-0.2, -0.15) is 17.0 Å². The molecule has 0 bridgehead atoms. The topological polar surface area (TPSA) is 69.7 Å². The van der Waals surface area contributed by atoms with Crippen LogP contribution in [0.4, 0.5) is 5.69 Å². The molecule has 0 spiro atoms. The normalized spacial score (nSPS) is 19.7. The Balaban J connectivity index is 2.04. The van der Waals surface area contributed by atoms with Crippen molar-refractivity contribution in [3.05, 3.63) is 24.3 Å². The lowest BCUT2D eigenvalue weighted by molar-refractivity contribution is -0.120. The zero-order valence-electron chi connectivity index (χ0n) is 13.7. The summed E-state index contributed by atoms with van der Waals surface area (Å²) in [6, 6.07) is 7.63. The molecule has 0 saturated carbocycles. The van der Waals surface area contributed by atoms with Gasteiger partial charge in [0.15, 0.2) is 0 Å². The van der Waals surface area contributed by atoms with E-state index in [1.807, 2.05) is 30.5 Å². The number of amides is 1. The maximum atomic E-state index is 12.5. The average molecular weight is 358 g/mol. The minimum atomic E-state index is -3.47. The molecule has 0 radical (unpaired) electrons. The Morgan fingerprint density at radius 1 is 1.39 bits per heavy atom. The van der Waals surface area contributed by atoms with Crippen LogP contribution >= 0.6 is 11.8 Å². The SMILES string of the molecule is CSc1cccc(NC(=O)[C@H]2CCCN(S(=O)(=O)N(C)C)C2)c1. The second-order valence-corrected chi connectivity index (χ2v) is 8.73. The van der Waals surface area contributed by atoms with Crippen LogP contribution in [0.3, 0.4) is 0 Å². The van der Waals surface area contributed by atoms with E-state index in [1.54, 1.807) is 11.8 Å². The number of rotatable bonds is 5. The van der Waals surface area contributed by atoms with E-state index in [2.05, 4.69) is 5.32 Å².